The molecule has 4 N–H and O–H groups in total. The standard InChI is InChI=1S/C24H30N4O3/c1-15-19(6-5-7-20(15)27-22(30)16-8-9-16)26-21(29)14-25-18-12-10-17(11-13-18)23(31)28-24(2,3)4/h5-7,10-13,16,25H,8-9,14H2,1-4H3,(H,26,29)(H,27,30)(H,28,31). The van der Waals surface area contributed by atoms with E-state index in [1.54, 1.807) is 30.3 Å². The van der Waals surface area contributed by atoms with Gasteiger partial charge in [0.1, 0.15) is 0 Å². The van der Waals surface area contributed by atoms with Crippen LogP contribution in [0, 0.1) is 12.8 Å². The molecule has 1 fully saturated rings. The smallest absolute Gasteiger partial charge is 0.251 e. The summed E-state index contributed by atoms with van der Waals surface area (Å²) in [6, 6.07) is 12.4. The molecule has 31 heavy (non-hydrogen) atoms. The summed E-state index contributed by atoms with van der Waals surface area (Å²) in [6.45, 7) is 7.73. The molecular weight excluding hydrogens is 392 g/mol. The van der Waals surface area contributed by atoms with Gasteiger partial charge >= 0.3 is 0 Å². The maximum Gasteiger partial charge on any atom is 0.251 e. The molecule has 164 valence electrons. The highest BCUT2D eigenvalue weighted by atomic mass is 16.2. The Kier molecular flexibility index (Phi) is 6.63. The van der Waals surface area contributed by atoms with E-state index in [1.807, 2.05) is 39.8 Å². The third-order valence-electron chi connectivity index (χ3n) is 4.90. The summed E-state index contributed by atoms with van der Waals surface area (Å²) in [6.07, 6.45) is 1.88. The lowest BCUT2D eigenvalue weighted by Crippen LogP contribution is -2.40. The highest BCUT2D eigenvalue weighted by Crippen LogP contribution is 2.31. The molecule has 3 amide bonds. The number of hydrogen-bond acceptors (Lipinski definition) is 4. The fraction of sp³-hybridized carbons (Fsp3) is 0.375. The maximum absolute atomic E-state index is 12.4. The van der Waals surface area contributed by atoms with Crippen LogP contribution in [0.25, 0.3) is 0 Å². The van der Waals surface area contributed by atoms with Crippen LogP contribution >= 0.6 is 0 Å². The van der Waals surface area contributed by atoms with Crippen molar-refractivity contribution in [3.05, 3.63) is 53.6 Å². The lowest BCUT2D eigenvalue weighted by molar-refractivity contribution is -0.117. The van der Waals surface area contributed by atoms with Gasteiger partial charge in [-0.3, -0.25) is 14.4 Å². The average Bonchev–Trinajstić information content (AvgIpc) is 3.54. The molecule has 0 unspecified atom stereocenters. The molecule has 1 saturated carbocycles. The fourth-order valence-electron chi connectivity index (χ4n) is 3.02. The van der Waals surface area contributed by atoms with Crippen molar-refractivity contribution in [2.24, 2.45) is 5.92 Å². The Labute approximate surface area is 183 Å². The van der Waals surface area contributed by atoms with Gasteiger partial charge < -0.3 is 21.3 Å². The molecule has 0 saturated heterocycles. The zero-order valence-electron chi connectivity index (χ0n) is 18.5. The van der Waals surface area contributed by atoms with Gasteiger partial charge in [0.15, 0.2) is 0 Å². The van der Waals surface area contributed by atoms with E-state index in [0.29, 0.717) is 16.9 Å². The van der Waals surface area contributed by atoms with Crippen molar-refractivity contribution in [2.45, 2.75) is 46.1 Å². The van der Waals surface area contributed by atoms with Crippen molar-refractivity contribution in [3.63, 3.8) is 0 Å². The van der Waals surface area contributed by atoms with E-state index in [4.69, 9.17) is 0 Å². The van der Waals surface area contributed by atoms with E-state index in [2.05, 4.69) is 21.3 Å². The zero-order chi connectivity index (χ0) is 22.6. The van der Waals surface area contributed by atoms with Gasteiger partial charge in [-0.2, -0.15) is 0 Å². The molecule has 0 radical (unpaired) electrons. The van der Waals surface area contributed by atoms with Crippen LogP contribution < -0.4 is 21.3 Å². The predicted octanol–water partition coefficient (Wildman–Crippen LogP) is 3.92. The first kappa shape index (κ1) is 22.3. The maximum atomic E-state index is 12.4. The number of hydrogen-bond donors (Lipinski definition) is 4. The Balaban J connectivity index is 1.53. The molecule has 1 aliphatic carbocycles. The minimum absolute atomic E-state index is 0.0351. The number of rotatable bonds is 7. The Hall–Kier alpha value is -3.35. The van der Waals surface area contributed by atoms with Gasteiger partial charge in [-0.25, -0.2) is 0 Å². The Morgan fingerprint density at radius 2 is 1.55 bits per heavy atom. The van der Waals surface area contributed by atoms with E-state index < -0.39 is 0 Å². The second-order valence-corrected chi connectivity index (χ2v) is 8.92. The van der Waals surface area contributed by atoms with Crippen molar-refractivity contribution in [1.82, 2.24) is 5.32 Å². The molecular formula is C24H30N4O3. The van der Waals surface area contributed by atoms with E-state index in [1.165, 1.54) is 0 Å². The van der Waals surface area contributed by atoms with Gasteiger partial charge in [0.05, 0.1) is 6.54 Å². The van der Waals surface area contributed by atoms with E-state index in [0.717, 1.165) is 24.1 Å². The average molecular weight is 423 g/mol. The minimum atomic E-state index is -0.303. The quantitative estimate of drug-likeness (QED) is 0.543. The normalized spacial score (nSPS) is 13.3. The van der Waals surface area contributed by atoms with Gasteiger partial charge in [-0.1, -0.05) is 6.07 Å². The van der Waals surface area contributed by atoms with E-state index in [9.17, 15) is 14.4 Å². The van der Waals surface area contributed by atoms with Crippen LogP contribution in [0.5, 0.6) is 0 Å². The monoisotopic (exact) mass is 422 g/mol. The summed E-state index contributed by atoms with van der Waals surface area (Å²) in [4.78, 5) is 36.6. The van der Waals surface area contributed by atoms with Crippen molar-refractivity contribution >= 4 is 34.8 Å². The third-order valence-corrected chi connectivity index (χ3v) is 4.90. The highest BCUT2D eigenvalue weighted by Gasteiger charge is 2.29. The summed E-state index contributed by atoms with van der Waals surface area (Å²) in [5.41, 5.74) is 3.19. The molecule has 0 aliphatic heterocycles. The van der Waals surface area contributed by atoms with Crippen molar-refractivity contribution in [2.75, 3.05) is 22.5 Å². The van der Waals surface area contributed by atoms with Crippen LogP contribution in [0.2, 0.25) is 0 Å². The van der Waals surface area contributed by atoms with Crippen molar-refractivity contribution < 1.29 is 14.4 Å². The highest BCUT2D eigenvalue weighted by molar-refractivity contribution is 5.98. The first-order chi connectivity index (χ1) is 14.6. The Bertz CT molecular complexity index is 973. The van der Waals surface area contributed by atoms with Gasteiger partial charge in [-0.15, -0.1) is 0 Å². The molecule has 7 heteroatoms. The van der Waals surface area contributed by atoms with Gasteiger partial charge in [0, 0.05) is 34.1 Å². The number of carbonyl (C=O) groups is 3. The molecule has 0 atom stereocenters. The number of nitrogens with one attached hydrogen (secondary N) is 4. The van der Waals surface area contributed by atoms with Gasteiger partial charge in [0.25, 0.3) is 5.91 Å². The first-order valence-corrected chi connectivity index (χ1v) is 10.5. The molecule has 0 spiro atoms. The Morgan fingerprint density at radius 1 is 0.935 bits per heavy atom. The summed E-state index contributed by atoms with van der Waals surface area (Å²) in [5, 5.41) is 11.8. The summed E-state index contributed by atoms with van der Waals surface area (Å²) in [5.74, 6) is -0.190. The first-order valence-electron chi connectivity index (χ1n) is 10.5. The molecule has 0 heterocycles. The van der Waals surface area contributed by atoms with E-state index >= 15 is 0 Å². The second-order valence-electron chi connectivity index (χ2n) is 8.92. The molecule has 3 rings (SSSR count). The SMILES string of the molecule is Cc1c(NC(=O)CNc2ccc(C(=O)NC(C)(C)C)cc2)cccc1NC(=O)C1CC1. The van der Waals surface area contributed by atoms with Crippen LogP contribution in [-0.4, -0.2) is 29.8 Å². The molecule has 1 aliphatic rings. The lowest BCUT2D eigenvalue weighted by Gasteiger charge is -2.20. The van der Waals surface area contributed by atoms with Crippen LogP contribution in [0.4, 0.5) is 17.1 Å². The number of carbonyl (C=O) groups excluding carboxylic acids is 3. The Morgan fingerprint density at radius 3 is 2.13 bits per heavy atom. The summed E-state index contributed by atoms with van der Waals surface area (Å²) < 4.78 is 0. The van der Waals surface area contributed by atoms with Crippen molar-refractivity contribution in [3.8, 4) is 0 Å². The zero-order valence-corrected chi connectivity index (χ0v) is 18.5. The van der Waals surface area contributed by atoms with Crippen LogP contribution in [-0.2, 0) is 9.59 Å². The second kappa shape index (κ2) is 9.20. The fourth-order valence-corrected chi connectivity index (χ4v) is 3.02. The summed E-state index contributed by atoms with van der Waals surface area (Å²) in [7, 11) is 0. The van der Waals surface area contributed by atoms with Gasteiger partial charge in [0.2, 0.25) is 11.8 Å². The molecule has 2 aromatic carbocycles. The number of anilines is 3. The molecule has 2 aromatic rings. The molecule has 0 aromatic heterocycles. The van der Waals surface area contributed by atoms with Crippen LogP contribution in [0.15, 0.2) is 42.5 Å². The van der Waals surface area contributed by atoms with Crippen molar-refractivity contribution in [1.29, 1.82) is 0 Å². The molecule has 0 bridgehead atoms. The predicted molar refractivity (Wildman–Crippen MR) is 123 cm³/mol. The van der Waals surface area contributed by atoms with Crippen LogP contribution in [0.3, 0.4) is 0 Å². The van der Waals surface area contributed by atoms with E-state index in [-0.39, 0.29) is 35.7 Å². The molecule has 7 nitrogen and oxygen atoms in total. The topological polar surface area (TPSA) is 99.3 Å². The van der Waals surface area contributed by atoms with Crippen LogP contribution in [0.1, 0.15) is 49.5 Å². The third kappa shape index (κ3) is 6.57. The summed E-state index contributed by atoms with van der Waals surface area (Å²) >= 11 is 0. The number of benzene rings is 2. The lowest BCUT2D eigenvalue weighted by atomic mass is 10.1. The minimum Gasteiger partial charge on any atom is -0.376 e. The van der Waals surface area contributed by atoms with Gasteiger partial charge in [-0.05, 0) is 82.5 Å². The number of amides is 3. The largest absolute Gasteiger partial charge is 0.376 e.